The predicted molar refractivity (Wildman–Crippen MR) is 60.4 cm³/mol. The summed E-state index contributed by atoms with van der Waals surface area (Å²) in [5, 5.41) is 8.90. The number of esters is 1. The molecule has 0 bridgehead atoms. The maximum Gasteiger partial charge on any atom is 0.377 e. The van der Waals surface area contributed by atoms with Crippen molar-refractivity contribution in [1.82, 2.24) is 9.97 Å². The van der Waals surface area contributed by atoms with Crippen molar-refractivity contribution in [1.29, 1.82) is 5.26 Å². The smallest absolute Gasteiger partial charge is 0.377 e. The first-order valence-electron chi connectivity index (χ1n) is 5.25. The highest BCUT2D eigenvalue weighted by molar-refractivity contribution is 5.89. The first-order valence-corrected chi connectivity index (χ1v) is 5.25. The van der Waals surface area contributed by atoms with Crippen LogP contribution in [0.4, 0.5) is 0 Å². The maximum atomic E-state index is 11.5. The summed E-state index contributed by atoms with van der Waals surface area (Å²) in [5.41, 5.74) is 0.346. The van der Waals surface area contributed by atoms with Crippen LogP contribution in [0.1, 0.15) is 23.2 Å². The summed E-state index contributed by atoms with van der Waals surface area (Å²) in [6, 6.07) is 6.95. The van der Waals surface area contributed by atoms with Gasteiger partial charge in [0.2, 0.25) is 5.89 Å². The highest BCUT2D eigenvalue weighted by atomic mass is 16.5. The summed E-state index contributed by atoms with van der Waals surface area (Å²) in [6.45, 7) is 1.86. The lowest BCUT2D eigenvalue weighted by Gasteiger charge is -1.96. The molecule has 6 nitrogen and oxygen atoms in total. The van der Waals surface area contributed by atoms with Gasteiger partial charge < -0.3 is 9.15 Å². The van der Waals surface area contributed by atoms with E-state index in [-0.39, 0.29) is 24.0 Å². The Kier molecular flexibility index (Phi) is 3.34. The minimum Gasteiger partial charge on any atom is -0.460 e. The number of aromatic nitrogens is 2. The van der Waals surface area contributed by atoms with Crippen LogP contribution in [0, 0.1) is 11.3 Å². The Balaban J connectivity index is 2.42. The number of carbonyl (C=O) groups is 1. The van der Waals surface area contributed by atoms with Gasteiger partial charge in [0.05, 0.1) is 6.61 Å². The van der Waals surface area contributed by atoms with Gasteiger partial charge in [0, 0.05) is 6.20 Å². The van der Waals surface area contributed by atoms with Gasteiger partial charge in [0.1, 0.15) is 11.8 Å². The van der Waals surface area contributed by atoms with Gasteiger partial charge in [0.25, 0.3) is 5.76 Å². The molecule has 0 N–H and O–H groups in total. The SMILES string of the molecule is CCOC(=O)c1oc(-c2ccccn2)nc1C#N. The van der Waals surface area contributed by atoms with Crippen LogP contribution in [0.2, 0.25) is 0 Å². The molecule has 2 heterocycles. The van der Waals surface area contributed by atoms with Gasteiger partial charge in [-0.05, 0) is 19.1 Å². The molecule has 0 aliphatic heterocycles. The van der Waals surface area contributed by atoms with E-state index < -0.39 is 5.97 Å². The lowest BCUT2D eigenvalue weighted by molar-refractivity contribution is 0.0490. The van der Waals surface area contributed by atoms with Crippen LogP contribution < -0.4 is 0 Å². The van der Waals surface area contributed by atoms with Crippen molar-refractivity contribution in [3.8, 4) is 17.7 Å². The van der Waals surface area contributed by atoms with Crippen molar-refractivity contribution in [3.05, 3.63) is 35.9 Å². The molecule has 0 fully saturated rings. The average Bonchev–Trinajstić information content (AvgIpc) is 2.84. The molecule has 0 radical (unpaired) electrons. The third-order valence-corrected chi connectivity index (χ3v) is 2.08. The Labute approximate surface area is 103 Å². The van der Waals surface area contributed by atoms with Gasteiger partial charge in [-0.15, -0.1) is 0 Å². The molecule has 2 aromatic rings. The minimum atomic E-state index is -0.705. The summed E-state index contributed by atoms with van der Waals surface area (Å²) >= 11 is 0. The average molecular weight is 243 g/mol. The first-order chi connectivity index (χ1) is 8.76. The number of ether oxygens (including phenoxy) is 1. The molecule has 0 atom stereocenters. The zero-order chi connectivity index (χ0) is 13.0. The second-order valence-electron chi connectivity index (χ2n) is 3.24. The minimum absolute atomic E-state index is 0.103. The van der Waals surface area contributed by atoms with Crippen molar-refractivity contribution in [2.75, 3.05) is 6.61 Å². The summed E-state index contributed by atoms with van der Waals surface area (Å²) in [7, 11) is 0. The van der Waals surface area contributed by atoms with E-state index in [1.54, 1.807) is 37.4 Å². The number of pyridine rings is 1. The zero-order valence-corrected chi connectivity index (χ0v) is 9.58. The lowest BCUT2D eigenvalue weighted by Crippen LogP contribution is -2.05. The molecule has 2 aromatic heterocycles. The topological polar surface area (TPSA) is 89.0 Å². The molecule has 0 aliphatic rings. The normalized spacial score (nSPS) is 9.78. The van der Waals surface area contributed by atoms with Crippen LogP contribution in [-0.2, 0) is 4.74 Å². The van der Waals surface area contributed by atoms with Gasteiger partial charge in [-0.2, -0.15) is 10.2 Å². The standard InChI is InChI=1S/C12H9N3O3/c1-2-17-12(16)10-9(7-13)15-11(18-10)8-5-3-4-6-14-8/h3-6H,2H2,1H3. The molecular formula is C12H9N3O3. The van der Waals surface area contributed by atoms with Gasteiger partial charge >= 0.3 is 5.97 Å². The summed E-state index contributed by atoms with van der Waals surface area (Å²) in [5.74, 6) is -0.779. The number of oxazole rings is 1. The maximum absolute atomic E-state index is 11.5. The van der Waals surface area contributed by atoms with E-state index >= 15 is 0 Å². The lowest BCUT2D eigenvalue weighted by atomic mass is 10.3. The molecule has 0 spiro atoms. The molecule has 0 amide bonds. The molecule has 0 unspecified atom stereocenters. The fourth-order valence-electron chi connectivity index (χ4n) is 1.33. The number of hydrogen-bond acceptors (Lipinski definition) is 6. The fraction of sp³-hybridized carbons (Fsp3) is 0.167. The Hall–Kier alpha value is -2.68. The van der Waals surface area contributed by atoms with E-state index in [1.165, 1.54) is 0 Å². The molecule has 0 saturated heterocycles. The van der Waals surface area contributed by atoms with Crippen LogP contribution in [0.3, 0.4) is 0 Å². The Bertz CT molecular complexity index is 599. The van der Waals surface area contributed by atoms with E-state index in [2.05, 4.69) is 9.97 Å². The van der Waals surface area contributed by atoms with E-state index in [4.69, 9.17) is 14.4 Å². The quantitative estimate of drug-likeness (QED) is 0.763. The number of nitrogens with zero attached hydrogens (tertiary/aromatic N) is 3. The van der Waals surface area contributed by atoms with Gasteiger partial charge in [-0.25, -0.2) is 4.79 Å². The van der Waals surface area contributed by atoms with Crippen molar-refractivity contribution in [2.45, 2.75) is 6.92 Å². The molecule has 6 heteroatoms. The largest absolute Gasteiger partial charge is 0.460 e. The summed E-state index contributed by atoms with van der Waals surface area (Å²) in [4.78, 5) is 19.5. The van der Waals surface area contributed by atoms with Crippen molar-refractivity contribution in [2.24, 2.45) is 0 Å². The van der Waals surface area contributed by atoms with E-state index in [9.17, 15) is 4.79 Å². The number of carbonyl (C=O) groups excluding carboxylic acids is 1. The third-order valence-electron chi connectivity index (χ3n) is 2.08. The van der Waals surface area contributed by atoms with Gasteiger partial charge in [-0.1, -0.05) is 6.07 Å². The fourth-order valence-corrected chi connectivity index (χ4v) is 1.33. The number of rotatable bonds is 3. The van der Waals surface area contributed by atoms with Crippen molar-refractivity contribution >= 4 is 5.97 Å². The Morgan fingerprint density at radius 2 is 2.39 bits per heavy atom. The van der Waals surface area contributed by atoms with Crippen LogP contribution >= 0.6 is 0 Å². The van der Waals surface area contributed by atoms with E-state index in [1.807, 2.05) is 0 Å². The van der Waals surface area contributed by atoms with Crippen LogP contribution in [0.5, 0.6) is 0 Å². The third kappa shape index (κ3) is 2.20. The predicted octanol–water partition coefficient (Wildman–Crippen LogP) is 1.78. The molecule has 0 aromatic carbocycles. The molecule has 0 saturated carbocycles. The van der Waals surface area contributed by atoms with Crippen molar-refractivity contribution < 1.29 is 13.9 Å². The van der Waals surface area contributed by atoms with Gasteiger partial charge in [0.15, 0.2) is 5.69 Å². The highest BCUT2D eigenvalue weighted by Gasteiger charge is 2.22. The Morgan fingerprint density at radius 1 is 1.56 bits per heavy atom. The van der Waals surface area contributed by atoms with Crippen LogP contribution in [0.25, 0.3) is 11.6 Å². The number of nitriles is 1. The molecule has 2 rings (SSSR count). The molecular weight excluding hydrogens is 234 g/mol. The first kappa shape index (κ1) is 11.8. The molecule has 0 aliphatic carbocycles. The van der Waals surface area contributed by atoms with E-state index in [0.29, 0.717) is 5.69 Å². The van der Waals surface area contributed by atoms with E-state index in [0.717, 1.165) is 0 Å². The van der Waals surface area contributed by atoms with Crippen molar-refractivity contribution in [3.63, 3.8) is 0 Å². The highest BCUT2D eigenvalue weighted by Crippen LogP contribution is 2.20. The molecule has 18 heavy (non-hydrogen) atoms. The number of hydrogen-bond donors (Lipinski definition) is 0. The summed E-state index contributed by atoms with van der Waals surface area (Å²) in [6.07, 6.45) is 1.57. The summed E-state index contributed by atoms with van der Waals surface area (Å²) < 4.78 is 10.0. The second-order valence-corrected chi connectivity index (χ2v) is 3.24. The molecule has 90 valence electrons. The Morgan fingerprint density at radius 3 is 3.00 bits per heavy atom. The monoisotopic (exact) mass is 243 g/mol. The second kappa shape index (κ2) is 5.10. The van der Waals surface area contributed by atoms with Crippen LogP contribution in [-0.4, -0.2) is 22.5 Å². The van der Waals surface area contributed by atoms with Gasteiger partial charge in [-0.3, -0.25) is 4.98 Å². The van der Waals surface area contributed by atoms with Crippen LogP contribution in [0.15, 0.2) is 28.8 Å². The zero-order valence-electron chi connectivity index (χ0n) is 9.58.